The van der Waals surface area contributed by atoms with Gasteiger partial charge in [0.1, 0.15) is 0 Å². The molecule has 0 amide bonds. The molecule has 112 valence electrons. The van der Waals surface area contributed by atoms with Crippen molar-refractivity contribution in [2.24, 2.45) is 5.73 Å². The number of benzene rings is 1. The van der Waals surface area contributed by atoms with Crippen molar-refractivity contribution in [3.05, 3.63) is 35.1 Å². The molecule has 3 rings (SSSR count). The van der Waals surface area contributed by atoms with E-state index >= 15 is 0 Å². The quantitative estimate of drug-likeness (QED) is 0.944. The molecule has 0 saturated carbocycles. The number of piperidine rings is 1. The van der Waals surface area contributed by atoms with Gasteiger partial charge in [0.25, 0.3) is 5.89 Å². The minimum absolute atomic E-state index is 0.306. The summed E-state index contributed by atoms with van der Waals surface area (Å²) >= 11 is 6.15. The zero-order valence-electron chi connectivity index (χ0n) is 12.0. The van der Waals surface area contributed by atoms with Gasteiger partial charge in [-0.3, -0.25) is 4.90 Å². The van der Waals surface area contributed by atoms with E-state index in [-0.39, 0.29) is 0 Å². The predicted octanol–water partition coefficient (Wildman–Crippen LogP) is 2.70. The van der Waals surface area contributed by atoms with Crippen LogP contribution in [0.2, 0.25) is 5.02 Å². The SMILES string of the molecule is CC1CC(N)CCN1Cc1noc(-c2ccccc2Cl)n1. The number of halogens is 1. The highest BCUT2D eigenvalue weighted by atomic mass is 35.5. The summed E-state index contributed by atoms with van der Waals surface area (Å²) in [4.78, 5) is 6.79. The minimum Gasteiger partial charge on any atom is -0.334 e. The van der Waals surface area contributed by atoms with E-state index in [4.69, 9.17) is 21.9 Å². The number of rotatable bonds is 3. The molecular weight excluding hydrogens is 288 g/mol. The summed E-state index contributed by atoms with van der Waals surface area (Å²) in [6.07, 6.45) is 2.02. The van der Waals surface area contributed by atoms with Gasteiger partial charge < -0.3 is 10.3 Å². The lowest BCUT2D eigenvalue weighted by molar-refractivity contribution is 0.135. The number of hydrogen-bond donors (Lipinski definition) is 1. The average Bonchev–Trinajstić information content (AvgIpc) is 2.91. The van der Waals surface area contributed by atoms with Crippen molar-refractivity contribution in [3.63, 3.8) is 0 Å². The van der Waals surface area contributed by atoms with Gasteiger partial charge in [0.2, 0.25) is 0 Å². The molecule has 1 saturated heterocycles. The summed E-state index contributed by atoms with van der Waals surface area (Å²) in [5, 5.41) is 4.68. The first-order valence-electron chi connectivity index (χ1n) is 7.20. The summed E-state index contributed by atoms with van der Waals surface area (Å²) < 4.78 is 5.33. The summed E-state index contributed by atoms with van der Waals surface area (Å²) in [6, 6.07) is 8.22. The molecule has 0 aliphatic carbocycles. The Hall–Kier alpha value is -1.43. The van der Waals surface area contributed by atoms with Crippen LogP contribution in [0.5, 0.6) is 0 Å². The van der Waals surface area contributed by atoms with Crippen LogP contribution in [0.15, 0.2) is 28.8 Å². The van der Waals surface area contributed by atoms with Gasteiger partial charge in [-0.1, -0.05) is 28.9 Å². The zero-order valence-corrected chi connectivity index (χ0v) is 12.8. The maximum absolute atomic E-state index is 6.15. The van der Waals surface area contributed by atoms with Crippen LogP contribution in [0.25, 0.3) is 11.5 Å². The molecule has 0 radical (unpaired) electrons. The molecule has 1 fully saturated rings. The molecule has 1 aromatic heterocycles. The summed E-state index contributed by atoms with van der Waals surface area (Å²) in [6.45, 7) is 3.84. The lowest BCUT2D eigenvalue weighted by Crippen LogP contribution is -2.45. The van der Waals surface area contributed by atoms with Crippen molar-refractivity contribution < 1.29 is 4.52 Å². The fraction of sp³-hybridized carbons (Fsp3) is 0.467. The van der Waals surface area contributed by atoms with Gasteiger partial charge in [0.15, 0.2) is 5.82 Å². The van der Waals surface area contributed by atoms with Crippen LogP contribution in [0.4, 0.5) is 0 Å². The Kier molecular flexibility index (Phi) is 4.24. The van der Waals surface area contributed by atoms with E-state index in [0.29, 0.717) is 35.4 Å². The molecule has 2 unspecified atom stereocenters. The van der Waals surface area contributed by atoms with Crippen molar-refractivity contribution >= 4 is 11.6 Å². The fourth-order valence-electron chi connectivity index (χ4n) is 2.74. The molecule has 0 spiro atoms. The van der Waals surface area contributed by atoms with Gasteiger partial charge in [-0.05, 0) is 31.9 Å². The normalized spacial score (nSPS) is 23.4. The van der Waals surface area contributed by atoms with Gasteiger partial charge >= 0.3 is 0 Å². The molecule has 0 bridgehead atoms. The Labute approximate surface area is 129 Å². The number of aromatic nitrogens is 2. The summed E-state index contributed by atoms with van der Waals surface area (Å²) in [5.41, 5.74) is 6.76. The van der Waals surface area contributed by atoms with Crippen LogP contribution >= 0.6 is 11.6 Å². The van der Waals surface area contributed by atoms with Crippen LogP contribution in [0.1, 0.15) is 25.6 Å². The Morgan fingerprint density at radius 2 is 2.24 bits per heavy atom. The minimum atomic E-state index is 0.306. The zero-order chi connectivity index (χ0) is 14.8. The fourth-order valence-corrected chi connectivity index (χ4v) is 2.95. The lowest BCUT2D eigenvalue weighted by Gasteiger charge is -2.35. The van der Waals surface area contributed by atoms with Gasteiger partial charge in [0, 0.05) is 18.6 Å². The molecule has 1 aliphatic heterocycles. The van der Waals surface area contributed by atoms with Crippen LogP contribution in [0, 0.1) is 0 Å². The Balaban J connectivity index is 1.72. The molecule has 2 heterocycles. The molecule has 2 aromatic rings. The van der Waals surface area contributed by atoms with E-state index in [2.05, 4.69) is 22.0 Å². The molecule has 2 N–H and O–H groups in total. The summed E-state index contributed by atoms with van der Waals surface area (Å²) in [7, 11) is 0. The number of nitrogens with zero attached hydrogens (tertiary/aromatic N) is 3. The van der Waals surface area contributed by atoms with E-state index in [1.165, 1.54) is 0 Å². The Morgan fingerprint density at radius 3 is 3.00 bits per heavy atom. The Morgan fingerprint density at radius 1 is 1.43 bits per heavy atom. The van der Waals surface area contributed by atoms with E-state index in [9.17, 15) is 0 Å². The van der Waals surface area contributed by atoms with Gasteiger partial charge in [-0.2, -0.15) is 4.98 Å². The molecule has 21 heavy (non-hydrogen) atoms. The van der Waals surface area contributed by atoms with Crippen molar-refractivity contribution in [2.75, 3.05) is 6.54 Å². The van der Waals surface area contributed by atoms with Crippen molar-refractivity contribution in [1.29, 1.82) is 0 Å². The van der Waals surface area contributed by atoms with Gasteiger partial charge in [-0.15, -0.1) is 0 Å². The second kappa shape index (κ2) is 6.13. The molecule has 5 nitrogen and oxygen atoms in total. The largest absolute Gasteiger partial charge is 0.334 e. The topological polar surface area (TPSA) is 68.2 Å². The highest BCUT2D eigenvalue weighted by Crippen LogP contribution is 2.26. The van der Waals surface area contributed by atoms with Crippen LogP contribution in [0.3, 0.4) is 0 Å². The molecule has 2 atom stereocenters. The van der Waals surface area contributed by atoms with E-state index < -0.39 is 0 Å². The number of hydrogen-bond acceptors (Lipinski definition) is 5. The van der Waals surface area contributed by atoms with Gasteiger partial charge in [-0.25, -0.2) is 0 Å². The van der Waals surface area contributed by atoms with E-state index in [1.807, 2.05) is 24.3 Å². The third kappa shape index (κ3) is 3.26. The van der Waals surface area contributed by atoms with Crippen molar-refractivity contribution in [2.45, 2.75) is 38.4 Å². The first-order chi connectivity index (χ1) is 10.1. The van der Waals surface area contributed by atoms with Crippen molar-refractivity contribution in [1.82, 2.24) is 15.0 Å². The maximum Gasteiger partial charge on any atom is 0.259 e. The molecular formula is C15H19ClN4O. The second-order valence-electron chi connectivity index (χ2n) is 5.60. The van der Waals surface area contributed by atoms with Crippen LogP contribution in [-0.2, 0) is 6.54 Å². The predicted molar refractivity (Wildman–Crippen MR) is 81.8 cm³/mol. The van der Waals surface area contributed by atoms with E-state index in [0.717, 1.165) is 24.9 Å². The van der Waals surface area contributed by atoms with E-state index in [1.54, 1.807) is 0 Å². The highest BCUT2D eigenvalue weighted by Gasteiger charge is 2.24. The maximum atomic E-state index is 6.15. The monoisotopic (exact) mass is 306 g/mol. The smallest absolute Gasteiger partial charge is 0.259 e. The number of likely N-dealkylation sites (tertiary alicyclic amines) is 1. The van der Waals surface area contributed by atoms with Crippen LogP contribution in [-0.4, -0.2) is 33.7 Å². The molecule has 1 aromatic carbocycles. The third-order valence-corrected chi connectivity index (χ3v) is 4.30. The first kappa shape index (κ1) is 14.5. The lowest BCUT2D eigenvalue weighted by atomic mass is 9.99. The highest BCUT2D eigenvalue weighted by molar-refractivity contribution is 6.33. The van der Waals surface area contributed by atoms with Crippen molar-refractivity contribution in [3.8, 4) is 11.5 Å². The second-order valence-corrected chi connectivity index (χ2v) is 6.01. The van der Waals surface area contributed by atoms with Gasteiger partial charge in [0.05, 0.1) is 17.1 Å². The summed E-state index contributed by atoms with van der Waals surface area (Å²) in [5.74, 6) is 1.16. The average molecular weight is 307 g/mol. The Bertz CT molecular complexity index is 615. The molecule has 6 heteroatoms. The third-order valence-electron chi connectivity index (χ3n) is 3.97. The standard InChI is InChI=1S/C15H19ClN4O/c1-10-8-11(17)6-7-20(10)9-14-18-15(21-19-14)12-4-2-3-5-13(12)16/h2-5,10-11H,6-9,17H2,1H3. The van der Waals surface area contributed by atoms with Crippen LogP contribution < -0.4 is 5.73 Å². The molecule has 1 aliphatic rings. The number of nitrogens with two attached hydrogens (primary N) is 1. The first-order valence-corrected chi connectivity index (χ1v) is 7.58.